The van der Waals surface area contributed by atoms with Crippen LogP contribution in [0.1, 0.15) is 0 Å². The number of nitrogen functional groups attached to an aromatic ring is 1. The van der Waals surface area contributed by atoms with E-state index in [0.29, 0.717) is 5.69 Å². The Kier molecular flexibility index (Phi) is 4.01. The molecule has 1 aromatic carbocycles. The fourth-order valence-electron chi connectivity index (χ4n) is 1.43. The fraction of sp³-hybridized carbons (Fsp3) is 0. The van der Waals surface area contributed by atoms with Gasteiger partial charge in [0.05, 0.1) is 10.6 Å². The summed E-state index contributed by atoms with van der Waals surface area (Å²) < 4.78 is 1.60. The van der Waals surface area contributed by atoms with Crippen LogP contribution in [0.3, 0.4) is 0 Å². The van der Waals surface area contributed by atoms with E-state index in [9.17, 15) is 10.1 Å². The Balaban J connectivity index is 2.45. The van der Waals surface area contributed by atoms with E-state index in [0.717, 1.165) is 8.95 Å². The van der Waals surface area contributed by atoms with Crippen molar-refractivity contribution in [1.82, 2.24) is 4.98 Å². The first-order chi connectivity index (χ1) is 8.97. The molecule has 2 rings (SSSR count). The van der Waals surface area contributed by atoms with Gasteiger partial charge in [0.2, 0.25) is 5.82 Å². The first-order valence-corrected chi connectivity index (χ1v) is 6.69. The molecule has 0 atom stereocenters. The van der Waals surface area contributed by atoms with Crippen LogP contribution in [-0.4, -0.2) is 9.91 Å². The van der Waals surface area contributed by atoms with Crippen LogP contribution >= 0.6 is 31.9 Å². The number of nitrogens with zero attached hydrogens (tertiary/aromatic N) is 2. The van der Waals surface area contributed by atoms with Crippen LogP contribution in [0.25, 0.3) is 0 Å². The number of benzene rings is 1. The van der Waals surface area contributed by atoms with Crippen LogP contribution in [0.5, 0.6) is 0 Å². The topological polar surface area (TPSA) is 94.1 Å². The summed E-state index contributed by atoms with van der Waals surface area (Å²) in [6, 6.07) is 8.13. The van der Waals surface area contributed by atoms with E-state index in [1.54, 1.807) is 6.07 Å². The minimum Gasteiger partial charge on any atom is -0.384 e. The van der Waals surface area contributed by atoms with Crippen molar-refractivity contribution in [2.45, 2.75) is 0 Å². The van der Waals surface area contributed by atoms with Crippen molar-refractivity contribution in [3.63, 3.8) is 0 Å². The molecule has 2 aromatic rings. The van der Waals surface area contributed by atoms with Crippen molar-refractivity contribution < 1.29 is 4.92 Å². The highest BCUT2D eigenvalue weighted by Crippen LogP contribution is 2.32. The molecule has 6 nitrogen and oxygen atoms in total. The Labute approximate surface area is 125 Å². The van der Waals surface area contributed by atoms with E-state index in [-0.39, 0.29) is 17.3 Å². The third kappa shape index (κ3) is 3.21. The molecule has 0 saturated carbocycles. The molecule has 8 heteroatoms. The second kappa shape index (κ2) is 5.54. The third-order valence-electron chi connectivity index (χ3n) is 2.27. The molecule has 0 unspecified atom stereocenters. The maximum atomic E-state index is 10.9. The second-order valence-electron chi connectivity index (χ2n) is 3.61. The number of anilines is 3. The molecule has 0 radical (unpaired) electrons. The quantitative estimate of drug-likeness (QED) is 0.616. The van der Waals surface area contributed by atoms with Crippen molar-refractivity contribution in [1.29, 1.82) is 0 Å². The van der Waals surface area contributed by atoms with Gasteiger partial charge in [-0.25, -0.2) is 4.98 Å². The lowest BCUT2D eigenvalue weighted by Crippen LogP contribution is -2.02. The number of nitrogens with one attached hydrogen (secondary N) is 1. The van der Waals surface area contributed by atoms with Gasteiger partial charge >= 0.3 is 5.69 Å². The normalized spacial score (nSPS) is 10.2. The van der Waals surface area contributed by atoms with Crippen molar-refractivity contribution in [2.75, 3.05) is 11.1 Å². The number of halogens is 2. The summed E-state index contributed by atoms with van der Waals surface area (Å²) in [6.07, 6.45) is 0. The van der Waals surface area contributed by atoms with Crippen LogP contribution < -0.4 is 11.1 Å². The predicted octanol–water partition coefficient (Wildman–Crippen LogP) is 3.84. The molecule has 1 aromatic heterocycles. The molecule has 1 heterocycles. The molecule has 19 heavy (non-hydrogen) atoms. The molecular weight excluding hydrogens is 380 g/mol. The van der Waals surface area contributed by atoms with Crippen molar-refractivity contribution in [2.24, 2.45) is 0 Å². The van der Waals surface area contributed by atoms with Crippen LogP contribution in [-0.2, 0) is 0 Å². The maximum absolute atomic E-state index is 10.9. The maximum Gasteiger partial charge on any atom is 0.311 e. The molecule has 0 aliphatic heterocycles. The van der Waals surface area contributed by atoms with Gasteiger partial charge in [-0.3, -0.25) is 10.1 Å². The van der Waals surface area contributed by atoms with E-state index in [1.165, 1.54) is 12.1 Å². The van der Waals surface area contributed by atoms with E-state index >= 15 is 0 Å². The van der Waals surface area contributed by atoms with E-state index < -0.39 is 4.92 Å². The zero-order chi connectivity index (χ0) is 14.0. The summed E-state index contributed by atoms with van der Waals surface area (Å²) >= 11 is 6.69. The lowest BCUT2D eigenvalue weighted by Gasteiger charge is -2.09. The molecule has 0 aliphatic rings. The van der Waals surface area contributed by atoms with Gasteiger partial charge in [0, 0.05) is 15.0 Å². The van der Waals surface area contributed by atoms with Crippen LogP contribution in [0, 0.1) is 10.1 Å². The number of nitrogens with two attached hydrogens (primary N) is 1. The number of pyridine rings is 1. The Morgan fingerprint density at radius 2 is 2.00 bits per heavy atom. The summed E-state index contributed by atoms with van der Waals surface area (Å²) in [5.74, 6) is 0.308. The highest BCUT2D eigenvalue weighted by molar-refractivity contribution is 9.11. The summed E-state index contributed by atoms with van der Waals surface area (Å²) in [4.78, 5) is 14.4. The average Bonchev–Trinajstić information content (AvgIpc) is 2.33. The van der Waals surface area contributed by atoms with E-state index in [4.69, 9.17) is 5.73 Å². The SMILES string of the molecule is Nc1ccc([N+](=O)[O-])c(Nc2cc(Br)ccc2Br)n1. The number of aromatic nitrogens is 1. The Hall–Kier alpha value is -1.67. The standard InChI is InChI=1S/C11H8Br2N4O2/c12-6-1-2-7(13)8(5-6)15-11-9(17(18)19)3-4-10(14)16-11/h1-5H,(H3,14,15,16). The molecule has 0 aliphatic carbocycles. The Morgan fingerprint density at radius 1 is 1.26 bits per heavy atom. The zero-order valence-electron chi connectivity index (χ0n) is 9.43. The van der Waals surface area contributed by atoms with Gasteiger partial charge in [-0.2, -0.15) is 0 Å². The first kappa shape index (κ1) is 13.8. The minimum absolute atomic E-state index is 0.101. The summed E-state index contributed by atoms with van der Waals surface area (Å²) in [5.41, 5.74) is 6.07. The Bertz CT molecular complexity index is 649. The van der Waals surface area contributed by atoms with Crippen LogP contribution in [0.15, 0.2) is 39.3 Å². The van der Waals surface area contributed by atoms with Crippen LogP contribution in [0.2, 0.25) is 0 Å². The number of rotatable bonds is 3. The number of hydrogen-bond donors (Lipinski definition) is 2. The molecular formula is C11H8Br2N4O2. The molecule has 3 N–H and O–H groups in total. The molecule has 98 valence electrons. The van der Waals surface area contributed by atoms with Gasteiger partial charge in [0.1, 0.15) is 5.82 Å². The third-order valence-corrected chi connectivity index (χ3v) is 3.46. The fourth-order valence-corrected chi connectivity index (χ4v) is 2.13. The van der Waals surface area contributed by atoms with Crippen molar-refractivity contribution in [3.05, 3.63) is 49.4 Å². The minimum atomic E-state index is -0.513. The second-order valence-corrected chi connectivity index (χ2v) is 5.38. The summed E-state index contributed by atoms with van der Waals surface area (Å²) in [5, 5.41) is 13.8. The average molecular weight is 388 g/mol. The van der Waals surface area contributed by atoms with Gasteiger partial charge < -0.3 is 11.1 Å². The monoisotopic (exact) mass is 386 g/mol. The van der Waals surface area contributed by atoms with Gasteiger partial charge in [0.15, 0.2) is 0 Å². The van der Waals surface area contributed by atoms with Gasteiger partial charge in [-0.15, -0.1) is 0 Å². The molecule has 0 fully saturated rings. The van der Waals surface area contributed by atoms with E-state index in [1.807, 2.05) is 12.1 Å². The van der Waals surface area contributed by atoms with Gasteiger partial charge in [-0.05, 0) is 40.2 Å². The number of hydrogen-bond acceptors (Lipinski definition) is 5. The summed E-state index contributed by atoms with van der Waals surface area (Å²) in [6.45, 7) is 0. The van der Waals surface area contributed by atoms with Crippen LogP contribution in [0.4, 0.5) is 23.0 Å². The lowest BCUT2D eigenvalue weighted by atomic mass is 10.3. The molecule has 0 saturated heterocycles. The highest BCUT2D eigenvalue weighted by Gasteiger charge is 2.16. The lowest BCUT2D eigenvalue weighted by molar-refractivity contribution is -0.384. The van der Waals surface area contributed by atoms with E-state index in [2.05, 4.69) is 42.2 Å². The number of nitro groups is 1. The van der Waals surface area contributed by atoms with Gasteiger partial charge in [0.25, 0.3) is 0 Å². The molecule has 0 bridgehead atoms. The smallest absolute Gasteiger partial charge is 0.311 e. The van der Waals surface area contributed by atoms with Gasteiger partial charge in [-0.1, -0.05) is 15.9 Å². The predicted molar refractivity (Wildman–Crippen MR) is 80.4 cm³/mol. The van der Waals surface area contributed by atoms with Crippen molar-refractivity contribution in [3.8, 4) is 0 Å². The molecule has 0 spiro atoms. The first-order valence-electron chi connectivity index (χ1n) is 5.10. The summed E-state index contributed by atoms with van der Waals surface area (Å²) in [7, 11) is 0. The molecule has 0 amide bonds. The zero-order valence-corrected chi connectivity index (χ0v) is 12.6. The van der Waals surface area contributed by atoms with Crippen molar-refractivity contribution >= 4 is 54.9 Å². The largest absolute Gasteiger partial charge is 0.384 e. The highest BCUT2D eigenvalue weighted by atomic mass is 79.9. The Morgan fingerprint density at radius 3 is 2.68 bits per heavy atom.